The largest absolute Gasteiger partial charge is 0.420 e. The molecule has 31 heavy (non-hydrogen) atoms. The summed E-state index contributed by atoms with van der Waals surface area (Å²) in [6.07, 6.45) is 5.90. The van der Waals surface area contributed by atoms with Crippen molar-refractivity contribution < 1.29 is 27.0 Å². The Hall–Kier alpha value is -0.360. The first-order valence-electron chi connectivity index (χ1n) is 12.6. The van der Waals surface area contributed by atoms with Crippen LogP contribution in [0.25, 0.3) is 0 Å². The van der Waals surface area contributed by atoms with Crippen LogP contribution in [0.1, 0.15) is 91.4 Å². The number of ether oxygens (including phenoxy) is 2. The van der Waals surface area contributed by atoms with Crippen LogP contribution in [0.15, 0.2) is 0 Å². The zero-order chi connectivity index (χ0) is 22.4. The highest BCUT2D eigenvalue weighted by molar-refractivity contribution is 5.16. The topological polar surface area (TPSA) is 18.5 Å². The van der Waals surface area contributed by atoms with Gasteiger partial charge in [-0.15, -0.1) is 0 Å². The van der Waals surface area contributed by atoms with E-state index in [0.29, 0.717) is 18.3 Å². The predicted octanol–water partition coefficient (Wildman–Crippen LogP) is 7.46. The molecule has 6 heteroatoms. The van der Waals surface area contributed by atoms with E-state index in [4.69, 9.17) is 9.47 Å². The van der Waals surface area contributed by atoms with Crippen molar-refractivity contribution in [1.29, 1.82) is 0 Å². The molecule has 4 fully saturated rings. The third-order valence-corrected chi connectivity index (χ3v) is 9.88. The summed E-state index contributed by atoms with van der Waals surface area (Å²) in [4.78, 5) is 0. The molecule has 0 aromatic rings. The smallest absolute Gasteiger partial charge is 0.352 e. The van der Waals surface area contributed by atoms with Crippen LogP contribution >= 0.6 is 0 Å². The second-order valence-electron chi connectivity index (χ2n) is 11.2. The lowest BCUT2D eigenvalue weighted by molar-refractivity contribution is -0.344. The molecular formula is C25H40F4O2. The van der Waals surface area contributed by atoms with Crippen LogP contribution in [0.5, 0.6) is 0 Å². The fraction of sp³-hybridized carbons (Fsp3) is 1.00. The van der Waals surface area contributed by atoms with Crippen LogP contribution < -0.4 is 0 Å². The van der Waals surface area contributed by atoms with E-state index in [1.807, 2.05) is 13.8 Å². The highest BCUT2D eigenvalue weighted by atomic mass is 19.4. The number of alkyl halides is 4. The molecule has 4 aliphatic rings. The Kier molecular flexibility index (Phi) is 6.73. The summed E-state index contributed by atoms with van der Waals surface area (Å²) in [5.74, 6) is 0.602. The Morgan fingerprint density at radius 3 is 2.13 bits per heavy atom. The van der Waals surface area contributed by atoms with E-state index in [1.165, 1.54) is 32.1 Å². The van der Waals surface area contributed by atoms with E-state index in [-0.39, 0.29) is 30.3 Å². The first-order chi connectivity index (χ1) is 14.6. The maximum Gasteiger partial charge on any atom is 0.420 e. The Morgan fingerprint density at radius 1 is 0.871 bits per heavy atom. The summed E-state index contributed by atoms with van der Waals surface area (Å²) in [5.41, 5.74) is -5.22. The third-order valence-electron chi connectivity index (χ3n) is 9.88. The maximum absolute atomic E-state index is 16.2. The van der Waals surface area contributed by atoms with Gasteiger partial charge in [-0.25, -0.2) is 4.39 Å². The number of halogens is 4. The van der Waals surface area contributed by atoms with Crippen molar-refractivity contribution in [1.82, 2.24) is 0 Å². The van der Waals surface area contributed by atoms with Crippen molar-refractivity contribution >= 4 is 0 Å². The van der Waals surface area contributed by atoms with Gasteiger partial charge in [0.15, 0.2) is 11.3 Å². The van der Waals surface area contributed by atoms with Crippen molar-refractivity contribution in [3.05, 3.63) is 0 Å². The number of hydrogen-bond donors (Lipinski definition) is 0. The summed E-state index contributed by atoms with van der Waals surface area (Å²) >= 11 is 0. The second kappa shape index (κ2) is 8.77. The first-order valence-corrected chi connectivity index (χ1v) is 12.6. The van der Waals surface area contributed by atoms with Crippen LogP contribution in [0.4, 0.5) is 17.6 Å². The zero-order valence-electron chi connectivity index (χ0n) is 19.4. The van der Waals surface area contributed by atoms with Crippen molar-refractivity contribution in [2.24, 2.45) is 35.5 Å². The van der Waals surface area contributed by atoms with Crippen molar-refractivity contribution in [3.8, 4) is 0 Å². The molecule has 0 aliphatic heterocycles. The summed E-state index contributed by atoms with van der Waals surface area (Å²) < 4.78 is 70.4. The summed E-state index contributed by atoms with van der Waals surface area (Å²) in [7, 11) is 0. The molecule has 180 valence electrons. The lowest BCUT2D eigenvalue weighted by Gasteiger charge is -2.48. The van der Waals surface area contributed by atoms with Gasteiger partial charge in [-0.05, 0) is 68.1 Å². The fourth-order valence-electron chi connectivity index (χ4n) is 7.62. The number of fused-ring (bicyclic) bond motifs is 2. The Balaban J connectivity index is 1.44. The molecule has 8 atom stereocenters. The normalized spacial score (nSPS) is 43.8. The Labute approximate surface area is 184 Å². The summed E-state index contributed by atoms with van der Waals surface area (Å²) in [6.45, 7) is 4.38. The average molecular weight is 449 g/mol. The minimum atomic E-state index is -4.78. The van der Waals surface area contributed by atoms with Gasteiger partial charge in [0.1, 0.15) is 6.79 Å². The third kappa shape index (κ3) is 4.06. The highest BCUT2D eigenvalue weighted by Crippen LogP contribution is 2.64. The monoisotopic (exact) mass is 448 g/mol. The van der Waals surface area contributed by atoms with Gasteiger partial charge in [-0.1, -0.05) is 58.8 Å². The first kappa shape index (κ1) is 23.8. The Bertz CT molecular complexity index is 617. The molecule has 2 nitrogen and oxygen atoms in total. The van der Waals surface area contributed by atoms with Gasteiger partial charge in [0.25, 0.3) is 0 Å². The SMILES string of the molecule is CC1C2CC(C1C)C(F)(C(C)(OCOC1CCCCC1C1CCCCC1)C(F)(F)F)C2. The Morgan fingerprint density at radius 2 is 1.52 bits per heavy atom. The van der Waals surface area contributed by atoms with Gasteiger partial charge < -0.3 is 9.47 Å². The summed E-state index contributed by atoms with van der Waals surface area (Å²) in [6, 6.07) is 0. The van der Waals surface area contributed by atoms with Gasteiger partial charge in [0, 0.05) is 0 Å². The lowest BCUT2D eigenvalue weighted by atomic mass is 9.67. The molecular weight excluding hydrogens is 408 g/mol. The molecule has 0 aromatic heterocycles. The number of hydrogen-bond acceptors (Lipinski definition) is 2. The molecule has 4 saturated carbocycles. The molecule has 4 aliphatic carbocycles. The fourth-order valence-corrected chi connectivity index (χ4v) is 7.62. The van der Waals surface area contributed by atoms with Gasteiger partial charge >= 0.3 is 6.18 Å². The van der Waals surface area contributed by atoms with Crippen molar-refractivity contribution in [2.75, 3.05) is 6.79 Å². The molecule has 0 N–H and O–H groups in total. The van der Waals surface area contributed by atoms with E-state index in [2.05, 4.69) is 0 Å². The quantitative estimate of drug-likeness (QED) is 0.310. The molecule has 0 spiro atoms. The predicted molar refractivity (Wildman–Crippen MR) is 112 cm³/mol. The van der Waals surface area contributed by atoms with Gasteiger partial charge in [-0.2, -0.15) is 13.2 Å². The van der Waals surface area contributed by atoms with Crippen LogP contribution in [0, 0.1) is 35.5 Å². The standard InChI is InChI=1S/C25H40F4O2/c1-16-17(2)21-13-19(16)14-24(21,26)23(3,25(27,28)29)31-15-30-22-12-8-7-11-20(22)18-9-5-4-6-10-18/h16-22H,4-15H2,1-3H3. The van der Waals surface area contributed by atoms with E-state index < -0.39 is 30.2 Å². The summed E-state index contributed by atoms with van der Waals surface area (Å²) in [5, 5.41) is 0. The molecule has 0 heterocycles. The average Bonchev–Trinajstić information content (AvgIpc) is 3.24. The van der Waals surface area contributed by atoms with Crippen LogP contribution in [0.2, 0.25) is 0 Å². The molecule has 2 bridgehead atoms. The minimum absolute atomic E-state index is 0.00483. The molecule has 0 amide bonds. The highest BCUT2D eigenvalue weighted by Gasteiger charge is 2.74. The minimum Gasteiger partial charge on any atom is -0.352 e. The van der Waals surface area contributed by atoms with Crippen LogP contribution in [0.3, 0.4) is 0 Å². The van der Waals surface area contributed by atoms with Gasteiger partial charge in [0.05, 0.1) is 6.10 Å². The zero-order valence-corrected chi connectivity index (χ0v) is 19.4. The lowest BCUT2D eigenvalue weighted by Crippen LogP contribution is -2.64. The molecule has 8 unspecified atom stereocenters. The van der Waals surface area contributed by atoms with Crippen molar-refractivity contribution in [3.63, 3.8) is 0 Å². The molecule has 4 rings (SSSR count). The number of rotatable bonds is 6. The van der Waals surface area contributed by atoms with E-state index >= 15 is 4.39 Å². The second-order valence-corrected chi connectivity index (χ2v) is 11.2. The van der Waals surface area contributed by atoms with E-state index in [9.17, 15) is 13.2 Å². The molecule has 0 radical (unpaired) electrons. The van der Waals surface area contributed by atoms with Gasteiger partial charge in [0.2, 0.25) is 0 Å². The maximum atomic E-state index is 16.2. The molecule has 0 saturated heterocycles. The van der Waals surface area contributed by atoms with Crippen LogP contribution in [-0.2, 0) is 9.47 Å². The van der Waals surface area contributed by atoms with E-state index in [1.54, 1.807) is 0 Å². The van der Waals surface area contributed by atoms with Crippen molar-refractivity contribution in [2.45, 2.75) is 115 Å². The molecule has 0 aromatic carbocycles. The van der Waals surface area contributed by atoms with E-state index in [0.717, 1.165) is 32.6 Å². The van der Waals surface area contributed by atoms with Gasteiger partial charge in [-0.3, -0.25) is 0 Å². The van der Waals surface area contributed by atoms with Crippen LogP contribution in [-0.4, -0.2) is 30.3 Å².